The predicted molar refractivity (Wildman–Crippen MR) is 106 cm³/mol. The van der Waals surface area contributed by atoms with Crippen molar-refractivity contribution >= 4 is 5.91 Å². The summed E-state index contributed by atoms with van der Waals surface area (Å²) >= 11 is 0. The molecule has 0 aliphatic heterocycles. The number of aromatic nitrogens is 5. The molecular weight excluding hydrogens is 387 g/mol. The molecule has 4 rings (SSSR count). The summed E-state index contributed by atoms with van der Waals surface area (Å²) in [5.41, 5.74) is 1.98. The van der Waals surface area contributed by atoms with Crippen molar-refractivity contribution < 1.29 is 13.7 Å². The van der Waals surface area contributed by atoms with E-state index in [2.05, 4.69) is 25.5 Å². The van der Waals surface area contributed by atoms with Crippen LogP contribution >= 0.6 is 0 Å². The van der Waals surface area contributed by atoms with Gasteiger partial charge in [0.1, 0.15) is 5.82 Å². The lowest BCUT2D eigenvalue weighted by molar-refractivity contribution is -0.121. The van der Waals surface area contributed by atoms with Gasteiger partial charge in [-0.25, -0.2) is 14.1 Å². The lowest BCUT2D eigenvalue weighted by Gasteiger charge is -2.06. The van der Waals surface area contributed by atoms with E-state index in [1.54, 1.807) is 42.3 Å². The number of halogens is 1. The number of hydrogen-bond acceptors (Lipinski definition) is 6. The highest BCUT2D eigenvalue weighted by Gasteiger charge is 2.12. The molecule has 1 aromatic carbocycles. The molecule has 0 spiro atoms. The molecule has 0 aliphatic carbocycles. The molecule has 0 saturated carbocycles. The van der Waals surface area contributed by atoms with Crippen LogP contribution in [0, 0.1) is 12.7 Å². The van der Waals surface area contributed by atoms with Gasteiger partial charge in [0.15, 0.2) is 5.82 Å². The summed E-state index contributed by atoms with van der Waals surface area (Å²) in [7, 11) is 0. The average molecular weight is 406 g/mol. The first-order valence-electron chi connectivity index (χ1n) is 9.39. The molecule has 0 radical (unpaired) electrons. The minimum Gasteiger partial charge on any atom is -0.352 e. The maximum atomic E-state index is 13.7. The average Bonchev–Trinajstić information content (AvgIpc) is 3.45. The van der Waals surface area contributed by atoms with Gasteiger partial charge in [-0.1, -0.05) is 17.3 Å². The molecule has 152 valence electrons. The van der Waals surface area contributed by atoms with E-state index in [0.717, 1.165) is 5.56 Å². The van der Waals surface area contributed by atoms with Crippen LogP contribution < -0.4 is 5.32 Å². The molecule has 3 aromatic heterocycles. The van der Waals surface area contributed by atoms with Gasteiger partial charge in [0.2, 0.25) is 17.6 Å². The van der Waals surface area contributed by atoms with E-state index in [0.29, 0.717) is 41.6 Å². The third-order valence-electron chi connectivity index (χ3n) is 4.50. The molecule has 0 aliphatic rings. The van der Waals surface area contributed by atoms with Crippen LogP contribution in [0.1, 0.15) is 23.4 Å². The van der Waals surface area contributed by atoms with Gasteiger partial charge >= 0.3 is 0 Å². The fraction of sp³-hybridized carbons (Fsp3) is 0.190. The zero-order chi connectivity index (χ0) is 20.9. The van der Waals surface area contributed by atoms with Crippen LogP contribution in [0.2, 0.25) is 0 Å². The Morgan fingerprint density at radius 3 is 2.93 bits per heavy atom. The molecular formula is C21H19FN6O2. The molecule has 0 unspecified atom stereocenters. The highest BCUT2D eigenvalue weighted by Crippen LogP contribution is 2.19. The number of hydrogen-bond donors (Lipinski definition) is 1. The highest BCUT2D eigenvalue weighted by atomic mass is 19.1. The Balaban J connectivity index is 1.30. The third-order valence-corrected chi connectivity index (χ3v) is 4.50. The van der Waals surface area contributed by atoms with Crippen molar-refractivity contribution in [2.45, 2.75) is 26.3 Å². The smallest absolute Gasteiger partial charge is 0.227 e. The topological polar surface area (TPSA) is 98.7 Å². The minimum atomic E-state index is -0.329. The van der Waals surface area contributed by atoms with Crippen molar-refractivity contribution in [3.63, 3.8) is 0 Å². The van der Waals surface area contributed by atoms with Gasteiger partial charge in [0.05, 0.1) is 0 Å². The molecule has 0 saturated heterocycles. The molecule has 4 aromatic rings. The van der Waals surface area contributed by atoms with Gasteiger partial charge in [0.25, 0.3) is 0 Å². The number of amides is 1. The van der Waals surface area contributed by atoms with Crippen LogP contribution in [0.15, 0.2) is 59.5 Å². The second kappa shape index (κ2) is 8.64. The van der Waals surface area contributed by atoms with Gasteiger partial charge in [0, 0.05) is 43.5 Å². The van der Waals surface area contributed by atoms with E-state index in [-0.39, 0.29) is 18.1 Å². The Morgan fingerprint density at radius 2 is 2.13 bits per heavy atom. The number of pyridine rings is 1. The second-order valence-electron chi connectivity index (χ2n) is 6.73. The van der Waals surface area contributed by atoms with E-state index < -0.39 is 0 Å². The van der Waals surface area contributed by atoms with Crippen molar-refractivity contribution in [3.05, 3.63) is 77.8 Å². The Bertz CT molecular complexity index is 1160. The Hall–Kier alpha value is -3.88. The molecule has 30 heavy (non-hydrogen) atoms. The molecule has 8 nitrogen and oxygen atoms in total. The van der Waals surface area contributed by atoms with Crippen molar-refractivity contribution in [2.24, 2.45) is 0 Å². The molecule has 0 bridgehead atoms. The summed E-state index contributed by atoms with van der Waals surface area (Å²) in [6, 6.07) is 10.3. The quantitative estimate of drug-likeness (QED) is 0.507. The zero-order valence-corrected chi connectivity index (χ0v) is 16.2. The van der Waals surface area contributed by atoms with Gasteiger partial charge in [-0.3, -0.25) is 4.79 Å². The van der Waals surface area contributed by atoms with Gasteiger partial charge in [-0.05, 0) is 42.3 Å². The minimum absolute atomic E-state index is 0.145. The van der Waals surface area contributed by atoms with Crippen molar-refractivity contribution in [1.29, 1.82) is 0 Å². The van der Waals surface area contributed by atoms with Crippen LogP contribution in [-0.2, 0) is 17.8 Å². The Labute approximate surface area is 171 Å². The normalized spacial score (nSPS) is 10.9. The van der Waals surface area contributed by atoms with Crippen LogP contribution in [0.5, 0.6) is 0 Å². The monoisotopic (exact) mass is 406 g/mol. The number of carbonyl (C=O) groups is 1. The number of aryl methyl sites for hydroxylation is 2. The van der Waals surface area contributed by atoms with Crippen molar-refractivity contribution in [3.8, 4) is 17.2 Å². The third kappa shape index (κ3) is 4.57. The van der Waals surface area contributed by atoms with E-state index in [9.17, 15) is 9.18 Å². The van der Waals surface area contributed by atoms with Gasteiger partial charge in [-0.15, -0.1) is 0 Å². The molecule has 3 heterocycles. The van der Waals surface area contributed by atoms with Crippen LogP contribution in [0.25, 0.3) is 17.2 Å². The lowest BCUT2D eigenvalue weighted by atomic mass is 10.1. The summed E-state index contributed by atoms with van der Waals surface area (Å²) in [6.45, 7) is 2.05. The molecule has 1 amide bonds. The zero-order valence-electron chi connectivity index (χ0n) is 16.2. The summed E-state index contributed by atoms with van der Waals surface area (Å²) < 4.78 is 20.5. The first kappa shape index (κ1) is 19.4. The Kier molecular flexibility index (Phi) is 5.60. The fourth-order valence-electron chi connectivity index (χ4n) is 2.82. The number of benzene rings is 1. The van der Waals surface area contributed by atoms with Crippen LogP contribution in [0.4, 0.5) is 4.39 Å². The standard InChI is InChI=1S/C21H19FN6O2/c1-14-3-4-16(12-17(14)22)21-26-20(30-27-21)6-5-19(29)24-13-15-7-9-23-18(11-15)28-10-2-8-25-28/h2-4,7-12H,5-6,13H2,1H3,(H,24,29). The van der Waals surface area contributed by atoms with Crippen LogP contribution in [0.3, 0.4) is 0 Å². The van der Waals surface area contributed by atoms with Crippen LogP contribution in [-0.4, -0.2) is 30.8 Å². The summed E-state index contributed by atoms with van der Waals surface area (Å²) in [5, 5.41) is 10.9. The summed E-state index contributed by atoms with van der Waals surface area (Å²) in [5.74, 6) is 0.828. The summed E-state index contributed by atoms with van der Waals surface area (Å²) in [6.07, 6.45) is 5.64. The van der Waals surface area contributed by atoms with Gasteiger partial charge < -0.3 is 9.84 Å². The SMILES string of the molecule is Cc1ccc(-c2noc(CCC(=O)NCc3ccnc(-n4cccn4)c3)n2)cc1F. The molecule has 1 N–H and O–H groups in total. The first-order chi connectivity index (χ1) is 14.6. The number of carbonyl (C=O) groups excluding carboxylic acids is 1. The molecule has 0 atom stereocenters. The molecule has 0 fully saturated rings. The van der Waals surface area contributed by atoms with Crippen molar-refractivity contribution in [2.75, 3.05) is 0 Å². The van der Waals surface area contributed by atoms with E-state index in [1.165, 1.54) is 6.07 Å². The summed E-state index contributed by atoms with van der Waals surface area (Å²) in [4.78, 5) is 20.7. The highest BCUT2D eigenvalue weighted by molar-refractivity contribution is 5.76. The van der Waals surface area contributed by atoms with E-state index in [4.69, 9.17) is 4.52 Å². The van der Waals surface area contributed by atoms with E-state index >= 15 is 0 Å². The fourth-order valence-corrected chi connectivity index (χ4v) is 2.82. The largest absolute Gasteiger partial charge is 0.352 e. The van der Waals surface area contributed by atoms with E-state index in [1.807, 2.05) is 18.2 Å². The Morgan fingerprint density at radius 1 is 1.23 bits per heavy atom. The second-order valence-corrected chi connectivity index (χ2v) is 6.73. The number of rotatable bonds is 7. The number of nitrogens with zero attached hydrogens (tertiary/aromatic N) is 5. The molecule has 9 heteroatoms. The lowest BCUT2D eigenvalue weighted by Crippen LogP contribution is -2.23. The predicted octanol–water partition coefficient (Wildman–Crippen LogP) is 3.01. The number of nitrogens with one attached hydrogen (secondary N) is 1. The maximum absolute atomic E-state index is 13.7. The van der Waals surface area contributed by atoms with Gasteiger partial charge in [-0.2, -0.15) is 10.1 Å². The maximum Gasteiger partial charge on any atom is 0.227 e. The first-order valence-corrected chi connectivity index (χ1v) is 9.39. The van der Waals surface area contributed by atoms with Crippen molar-refractivity contribution in [1.82, 2.24) is 30.2 Å².